The molecule has 0 saturated carbocycles. The van der Waals surface area contributed by atoms with E-state index in [0.29, 0.717) is 10.7 Å². The van der Waals surface area contributed by atoms with E-state index in [-0.39, 0.29) is 0 Å². The molecule has 0 aliphatic rings. The van der Waals surface area contributed by atoms with Crippen LogP contribution in [-0.2, 0) is 0 Å². The predicted molar refractivity (Wildman–Crippen MR) is 68.4 cm³/mol. The van der Waals surface area contributed by atoms with Gasteiger partial charge in [-0.2, -0.15) is 0 Å². The van der Waals surface area contributed by atoms with Gasteiger partial charge in [0.1, 0.15) is 0 Å². The van der Waals surface area contributed by atoms with Gasteiger partial charge in [0.15, 0.2) is 0 Å². The number of benzene rings is 1. The zero-order valence-electron chi connectivity index (χ0n) is 9.39. The van der Waals surface area contributed by atoms with Crippen LogP contribution < -0.4 is 11.1 Å². The Balaban J connectivity index is 2.37. The summed E-state index contributed by atoms with van der Waals surface area (Å²) in [6, 6.07) is 5.54. The van der Waals surface area contributed by atoms with Gasteiger partial charge in [0.2, 0.25) is 0 Å². The summed E-state index contributed by atoms with van der Waals surface area (Å²) in [4.78, 5) is 0. The van der Waals surface area contributed by atoms with Crippen LogP contribution in [0.3, 0.4) is 0 Å². The molecule has 0 fully saturated rings. The van der Waals surface area contributed by atoms with Crippen LogP contribution in [0.1, 0.15) is 26.7 Å². The maximum atomic E-state index is 5.82. The SMILES string of the molecule is CC(C)CCCNc1ccc(Cl)cc1N. The third-order valence-corrected chi connectivity index (χ3v) is 2.52. The average Bonchev–Trinajstić information content (AvgIpc) is 2.14. The van der Waals surface area contributed by atoms with Crippen molar-refractivity contribution in [3.8, 4) is 0 Å². The van der Waals surface area contributed by atoms with Crippen molar-refractivity contribution in [3.63, 3.8) is 0 Å². The minimum absolute atomic E-state index is 0.681. The molecule has 0 heterocycles. The fourth-order valence-corrected chi connectivity index (χ4v) is 1.61. The van der Waals surface area contributed by atoms with Gasteiger partial charge in [0.05, 0.1) is 11.4 Å². The smallest absolute Gasteiger partial charge is 0.0574 e. The van der Waals surface area contributed by atoms with Gasteiger partial charge in [-0.1, -0.05) is 25.4 Å². The van der Waals surface area contributed by atoms with E-state index in [2.05, 4.69) is 19.2 Å². The van der Waals surface area contributed by atoms with E-state index < -0.39 is 0 Å². The molecular weight excluding hydrogens is 208 g/mol. The molecule has 0 bridgehead atoms. The molecule has 1 aromatic carbocycles. The summed E-state index contributed by atoms with van der Waals surface area (Å²) in [5.74, 6) is 0.759. The van der Waals surface area contributed by atoms with Gasteiger partial charge < -0.3 is 11.1 Å². The topological polar surface area (TPSA) is 38.0 Å². The van der Waals surface area contributed by atoms with Crippen LogP contribution in [0.4, 0.5) is 11.4 Å². The third kappa shape index (κ3) is 4.43. The van der Waals surface area contributed by atoms with E-state index in [9.17, 15) is 0 Å². The molecule has 0 saturated heterocycles. The van der Waals surface area contributed by atoms with Crippen LogP contribution in [-0.4, -0.2) is 6.54 Å². The van der Waals surface area contributed by atoms with Gasteiger partial charge in [-0.25, -0.2) is 0 Å². The normalized spacial score (nSPS) is 10.7. The largest absolute Gasteiger partial charge is 0.397 e. The van der Waals surface area contributed by atoms with Crippen molar-refractivity contribution in [1.29, 1.82) is 0 Å². The number of nitrogen functional groups attached to an aromatic ring is 1. The first kappa shape index (κ1) is 12.2. The standard InChI is InChI=1S/C12H19ClN2/c1-9(2)4-3-7-15-12-6-5-10(13)8-11(12)14/h5-6,8-9,15H,3-4,7,14H2,1-2H3. The second-order valence-electron chi connectivity index (χ2n) is 4.19. The summed E-state index contributed by atoms with van der Waals surface area (Å²) in [5, 5.41) is 3.99. The van der Waals surface area contributed by atoms with Gasteiger partial charge in [0.25, 0.3) is 0 Å². The number of nitrogens with two attached hydrogens (primary N) is 1. The summed E-state index contributed by atoms with van der Waals surface area (Å²) in [6.45, 7) is 5.43. The Kier molecular flexibility index (Phi) is 4.76. The first-order chi connectivity index (χ1) is 7.09. The fourth-order valence-electron chi connectivity index (χ4n) is 1.43. The van der Waals surface area contributed by atoms with Crippen LogP contribution in [0.5, 0.6) is 0 Å². The van der Waals surface area contributed by atoms with Gasteiger partial charge >= 0.3 is 0 Å². The lowest BCUT2D eigenvalue weighted by atomic mass is 10.1. The third-order valence-electron chi connectivity index (χ3n) is 2.29. The van der Waals surface area contributed by atoms with Crippen LogP contribution in [0, 0.1) is 5.92 Å². The van der Waals surface area contributed by atoms with E-state index in [1.54, 1.807) is 6.07 Å². The molecule has 0 unspecified atom stereocenters. The quantitative estimate of drug-likeness (QED) is 0.593. The van der Waals surface area contributed by atoms with Crippen molar-refractivity contribution in [2.24, 2.45) is 5.92 Å². The first-order valence-corrected chi connectivity index (χ1v) is 5.76. The summed E-state index contributed by atoms with van der Waals surface area (Å²) >= 11 is 5.81. The van der Waals surface area contributed by atoms with E-state index in [0.717, 1.165) is 18.2 Å². The molecule has 1 rings (SSSR count). The molecular formula is C12H19ClN2. The van der Waals surface area contributed by atoms with Crippen LogP contribution >= 0.6 is 11.6 Å². The average molecular weight is 227 g/mol. The molecule has 0 aromatic heterocycles. The second kappa shape index (κ2) is 5.86. The monoisotopic (exact) mass is 226 g/mol. The lowest BCUT2D eigenvalue weighted by molar-refractivity contribution is 0.567. The molecule has 0 amide bonds. The van der Waals surface area contributed by atoms with Crippen molar-refractivity contribution >= 4 is 23.0 Å². The van der Waals surface area contributed by atoms with Crippen LogP contribution in [0.2, 0.25) is 5.02 Å². The Labute approximate surface area is 96.8 Å². The molecule has 0 aliphatic heterocycles. The van der Waals surface area contributed by atoms with Gasteiger partial charge in [-0.05, 0) is 37.0 Å². The highest BCUT2D eigenvalue weighted by Crippen LogP contribution is 2.22. The van der Waals surface area contributed by atoms with Crippen molar-refractivity contribution in [2.45, 2.75) is 26.7 Å². The van der Waals surface area contributed by atoms with Gasteiger partial charge in [0, 0.05) is 11.6 Å². The van der Waals surface area contributed by atoms with Crippen molar-refractivity contribution in [2.75, 3.05) is 17.6 Å². The number of nitrogens with one attached hydrogen (secondary N) is 1. The van der Waals surface area contributed by atoms with Crippen molar-refractivity contribution < 1.29 is 0 Å². The highest BCUT2D eigenvalue weighted by molar-refractivity contribution is 6.31. The van der Waals surface area contributed by atoms with Crippen LogP contribution in [0.25, 0.3) is 0 Å². The lowest BCUT2D eigenvalue weighted by Crippen LogP contribution is -2.05. The number of halogens is 1. The summed E-state index contributed by atoms with van der Waals surface area (Å²) < 4.78 is 0. The summed E-state index contributed by atoms with van der Waals surface area (Å²) in [5.41, 5.74) is 7.51. The molecule has 15 heavy (non-hydrogen) atoms. The maximum Gasteiger partial charge on any atom is 0.0574 e. The summed E-state index contributed by atoms with van der Waals surface area (Å²) in [7, 11) is 0. The predicted octanol–water partition coefficient (Wildman–Crippen LogP) is 3.77. The second-order valence-corrected chi connectivity index (χ2v) is 4.63. The highest BCUT2D eigenvalue weighted by atomic mass is 35.5. The Morgan fingerprint density at radius 2 is 2.13 bits per heavy atom. The van der Waals surface area contributed by atoms with E-state index in [4.69, 9.17) is 17.3 Å². The molecule has 3 N–H and O–H groups in total. The Bertz CT molecular complexity index is 310. The number of hydrogen-bond acceptors (Lipinski definition) is 2. The molecule has 0 radical (unpaired) electrons. The fraction of sp³-hybridized carbons (Fsp3) is 0.500. The first-order valence-electron chi connectivity index (χ1n) is 5.38. The molecule has 1 aromatic rings. The van der Waals surface area contributed by atoms with E-state index in [1.165, 1.54) is 12.8 Å². The molecule has 84 valence electrons. The van der Waals surface area contributed by atoms with Gasteiger partial charge in [-0.15, -0.1) is 0 Å². The Morgan fingerprint density at radius 3 is 2.73 bits per heavy atom. The number of rotatable bonds is 5. The summed E-state index contributed by atoms with van der Waals surface area (Å²) in [6.07, 6.45) is 2.40. The van der Waals surface area contributed by atoms with Gasteiger partial charge in [-0.3, -0.25) is 0 Å². The maximum absolute atomic E-state index is 5.82. The number of hydrogen-bond donors (Lipinski definition) is 2. The number of anilines is 2. The Morgan fingerprint density at radius 1 is 1.40 bits per heavy atom. The van der Waals surface area contributed by atoms with Crippen molar-refractivity contribution in [3.05, 3.63) is 23.2 Å². The molecule has 0 spiro atoms. The molecule has 3 heteroatoms. The zero-order valence-corrected chi connectivity index (χ0v) is 10.1. The highest BCUT2D eigenvalue weighted by Gasteiger charge is 1.99. The minimum atomic E-state index is 0.681. The minimum Gasteiger partial charge on any atom is -0.397 e. The lowest BCUT2D eigenvalue weighted by Gasteiger charge is -2.10. The van der Waals surface area contributed by atoms with Crippen molar-refractivity contribution in [1.82, 2.24) is 0 Å². The molecule has 0 aliphatic carbocycles. The molecule has 0 atom stereocenters. The zero-order chi connectivity index (χ0) is 11.3. The van der Waals surface area contributed by atoms with E-state index >= 15 is 0 Å². The van der Waals surface area contributed by atoms with Crippen LogP contribution in [0.15, 0.2) is 18.2 Å². The molecule has 2 nitrogen and oxygen atoms in total. The van der Waals surface area contributed by atoms with E-state index in [1.807, 2.05) is 12.1 Å². The Hall–Kier alpha value is -0.890.